The first-order chi connectivity index (χ1) is 9.82. The summed E-state index contributed by atoms with van der Waals surface area (Å²) >= 11 is 1.03. The standard InChI is InChI=1S/C12H16N2O5S2/c1-3-19-11(16)9-7(2)13-12(20-9)14-10(15)8-4-5-21(17,18)6-8/h8H,3-6H2,1-2H3,(H,13,14,15). The van der Waals surface area contributed by atoms with Gasteiger partial charge in [0.2, 0.25) is 5.91 Å². The number of carbonyl (C=O) groups is 2. The van der Waals surface area contributed by atoms with Crippen LogP contribution in [-0.2, 0) is 19.4 Å². The molecule has 0 bridgehead atoms. The van der Waals surface area contributed by atoms with E-state index in [9.17, 15) is 18.0 Å². The highest BCUT2D eigenvalue weighted by Crippen LogP contribution is 2.25. The Morgan fingerprint density at radius 3 is 2.76 bits per heavy atom. The van der Waals surface area contributed by atoms with Crippen LogP contribution in [0.1, 0.15) is 28.7 Å². The van der Waals surface area contributed by atoms with E-state index in [2.05, 4.69) is 10.3 Å². The lowest BCUT2D eigenvalue weighted by molar-refractivity contribution is -0.119. The fraction of sp³-hybridized carbons (Fsp3) is 0.583. The van der Waals surface area contributed by atoms with Crippen molar-refractivity contribution in [3.63, 3.8) is 0 Å². The van der Waals surface area contributed by atoms with Gasteiger partial charge in [0.15, 0.2) is 15.0 Å². The number of aromatic nitrogens is 1. The van der Waals surface area contributed by atoms with Crippen LogP contribution < -0.4 is 5.32 Å². The van der Waals surface area contributed by atoms with Gasteiger partial charge in [-0.05, 0) is 20.3 Å². The van der Waals surface area contributed by atoms with Gasteiger partial charge in [0.05, 0.1) is 29.7 Å². The maximum atomic E-state index is 12.0. The molecule has 1 aliphatic rings. The molecule has 1 aliphatic heterocycles. The number of hydrogen-bond acceptors (Lipinski definition) is 7. The first kappa shape index (κ1) is 15.9. The molecule has 1 atom stereocenters. The molecule has 1 aromatic heterocycles. The number of carbonyl (C=O) groups excluding carboxylic acids is 2. The zero-order chi connectivity index (χ0) is 15.6. The Bertz CT molecular complexity index is 665. The van der Waals surface area contributed by atoms with E-state index in [-0.39, 0.29) is 29.2 Å². The minimum absolute atomic E-state index is 0.0378. The number of sulfone groups is 1. The van der Waals surface area contributed by atoms with E-state index >= 15 is 0 Å². The molecule has 0 radical (unpaired) electrons. The van der Waals surface area contributed by atoms with E-state index < -0.39 is 21.7 Å². The molecule has 1 fully saturated rings. The first-order valence-corrected chi connectivity index (χ1v) is 9.12. The number of amides is 1. The van der Waals surface area contributed by atoms with Crippen molar-refractivity contribution >= 4 is 38.2 Å². The lowest BCUT2D eigenvalue weighted by atomic mass is 10.1. The van der Waals surface area contributed by atoms with Crippen LogP contribution >= 0.6 is 11.3 Å². The second-order valence-electron chi connectivity index (χ2n) is 4.74. The van der Waals surface area contributed by atoms with Crippen LogP contribution in [0.15, 0.2) is 0 Å². The summed E-state index contributed by atoms with van der Waals surface area (Å²) in [5, 5.41) is 2.86. The summed E-state index contributed by atoms with van der Waals surface area (Å²) < 4.78 is 27.6. The number of thiazole rings is 1. The molecule has 116 valence electrons. The molecule has 0 aromatic carbocycles. The Hall–Kier alpha value is -1.48. The van der Waals surface area contributed by atoms with Gasteiger partial charge in [-0.1, -0.05) is 11.3 Å². The highest BCUT2D eigenvalue weighted by Gasteiger charge is 2.33. The van der Waals surface area contributed by atoms with Gasteiger partial charge in [0, 0.05) is 0 Å². The summed E-state index contributed by atoms with van der Waals surface area (Å²) in [6, 6.07) is 0. The van der Waals surface area contributed by atoms with Crippen molar-refractivity contribution in [3.8, 4) is 0 Å². The summed E-state index contributed by atoms with van der Waals surface area (Å²) in [4.78, 5) is 28.1. The van der Waals surface area contributed by atoms with Gasteiger partial charge in [0.1, 0.15) is 4.88 Å². The summed E-state index contributed by atoms with van der Waals surface area (Å²) in [5.74, 6) is -1.49. The SMILES string of the molecule is CCOC(=O)c1sc(NC(=O)C2CCS(=O)(=O)C2)nc1C. The van der Waals surface area contributed by atoms with Crippen LogP contribution in [0.3, 0.4) is 0 Å². The number of nitrogens with zero attached hydrogens (tertiary/aromatic N) is 1. The molecule has 1 unspecified atom stereocenters. The summed E-state index contributed by atoms with van der Waals surface area (Å²) in [6.07, 6.45) is 0.323. The number of rotatable bonds is 4. The molecule has 1 saturated heterocycles. The third-order valence-corrected chi connectivity index (χ3v) is 5.91. The normalized spacial score (nSPS) is 20.2. The van der Waals surface area contributed by atoms with E-state index in [1.54, 1.807) is 13.8 Å². The number of nitrogens with one attached hydrogen (secondary N) is 1. The summed E-state index contributed by atoms with van der Waals surface area (Å²) in [6.45, 7) is 3.62. The quantitative estimate of drug-likeness (QED) is 0.825. The number of anilines is 1. The van der Waals surface area contributed by atoms with Crippen molar-refractivity contribution in [2.45, 2.75) is 20.3 Å². The van der Waals surface area contributed by atoms with Gasteiger partial charge < -0.3 is 10.1 Å². The lowest BCUT2D eigenvalue weighted by Crippen LogP contribution is -2.23. The molecule has 1 N–H and O–H groups in total. The smallest absolute Gasteiger partial charge is 0.350 e. The van der Waals surface area contributed by atoms with Crippen molar-refractivity contribution in [2.24, 2.45) is 5.92 Å². The molecular formula is C12H16N2O5S2. The average Bonchev–Trinajstić information content (AvgIpc) is 2.92. The van der Waals surface area contributed by atoms with Crippen LogP contribution in [0.2, 0.25) is 0 Å². The van der Waals surface area contributed by atoms with Crippen molar-refractivity contribution < 1.29 is 22.7 Å². The minimum atomic E-state index is -3.11. The molecule has 21 heavy (non-hydrogen) atoms. The van der Waals surface area contributed by atoms with Crippen LogP contribution in [-0.4, -0.2) is 43.4 Å². The van der Waals surface area contributed by atoms with E-state index in [1.165, 1.54) is 0 Å². The largest absolute Gasteiger partial charge is 0.462 e. The number of aryl methyl sites for hydroxylation is 1. The predicted molar refractivity (Wildman–Crippen MR) is 78.2 cm³/mol. The van der Waals surface area contributed by atoms with Gasteiger partial charge in [-0.25, -0.2) is 18.2 Å². The fourth-order valence-corrected chi connectivity index (χ4v) is 4.65. The van der Waals surface area contributed by atoms with Crippen LogP contribution in [0, 0.1) is 12.8 Å². The molecule has 0 aliphatic carbocycles. The van der Waals surface area contributed by atoms with Crippen molar-refractivity contribution in [2.75, 3.05) is 23.4 Å². The van der Waals surface area contributed by atoms with E-state index in [4.69, 9.17) is 4.74 Å². The van der Waals surface area contributed by atoms with Gasteiger partial charge in [-0.2, -0.15) is 0 Å². The van der Waals surface area contributed by atoms with Gasteiger partial charge >= 0.3 is 5.97 Å². The predicted octanol–water partition coefficient (Wildman–Crippen LogP) is 1.00. The zero-order valence-corrected chi connectivity index (χ0v) is 13.3. The second-order valence-corrected chi connectivity index (χ2v) is 7.97. The van der Waals surface area contributed by atoms with Crippen LogP contribution in [0.5, 0.6) is 0 Å². The minimum Gasteiger partial charge on any atom is -0.462 e. The van der Waals surface area contributed by atoms with Gasteiger partial charge in [-0.3, -0.25) is 4.79 Å². The Morgan fingerprint density at radius 2 is 2.19 bits per heavy atom. The lowest BCUT2D eigenvalue weighted by Gasteiger charge is -2.06. The summed E-state index contributed by atoms with van der Waals surface area (Å²) in [5.41, 5.74) is 0.479. The van der Waals surface area contributed by atoms with E-state index in [0.717, 1.165) is 11.3 Å². The second kappa shape index (κ2) is 6.10. The molecule has 9 heteroatoms. The van der Waals surface area contributed by atoms with Gasteiger partial charge in [-0.15, -0.1) is 0 Å². The molecule has 7 nitrogen and oxygen atoms in total. The van der Waals surface area contributed by atoms with E-state index in [1.807, 2.05) is 0 Å². The zero-order valence-electron chi connectivity index (χ0n) is 11.7. The Kier molecular flexibility index (Phi) is 4.62. The van der Waals surface area contributed by atoms with Crippen molar-refractivity contribution in [1.82, 2.24) is 4.98 Å². The fourth-order valence-electron chi connectivity index (χ4n) is 2.05. The van der Waals surface area contributed by atoms with Crippen LogP contribution in [0.25, 0.3) is 0 Å². The highest BCUT2D eigenvalue weighted by molar-refractivity contribution is 7.91. The van der Waals surface area contributed by atoms with Crippen LogP contribution in [0.4, 0.5) is 5.13 Å². The topological polar surface area (TPSA) is 102 Å². The average molecular weight is 332 g/mol. The van der Waals surface area contributed by atoms with Gasteiger partial charge in [0.25, 0.3) is 0 Å². The third kappa shape index (κ3) is 3.79. The monoisotopic (exact) mass is 332 g/mol. The molecule has 0 saturated carbocycles. The Labute approximate surface area is 126 Å². The number of hydrogen-bond donors (Lipinski definition) is 1. The van der Waals surface area contributed by atoms with E-state index in [0.29, 0.717) is 17.0 Å². The highest BCUT2D eigenvalue weighted by atomic mass is 32.2. The van der Waals surface area contributed by atoms with Crippen molar-refractivity contribution in [1.29, 1.82) is 0 Å². The maximum Gasteiger partial charge on any atom is 0.350 e. The number of ether oxygens (including phenoxy) is 1. The Balaban J connectivity index is 2.05. The number of esters is 1. The maximum absolute atomic E-state index is 12.0. The van der Waals surface area contributed by atoms with Crippen molar-refractivity contribution in [3.05, 3.63) is 10.6 Å². The molecule has 1 aromatic rings. The Morgan fingerprint density at radius 1 is 1.48 bits per heavy atom. The third-order valence-electron chi connectivity index (χ3n) is 3.09. The molecule has 0 spiro atoms. The molecule has 2 rings (SSSR count). The molecular weight excluding hydrogens is 316 g/mol. The molecule has 1 amide bonds. The molecule has 2 heterocycles. The first-order valence-electron chi connectivity index (χ1n) is 6.48. The summed E-state index contributed by atoms with van der Waals surface area (Å²) in [7, 11) is -3.11.